The molecule has 104 valence electrons. The Bertz CT molecular complexity index is 517. The van der Waals surface area contributed by atoms with E-state index in [-0.39, 0.29) is 0 Å². The smallest absolute Gasteiger partial charge is 0.240 e. The van der Waals surface area contributed by atoms with Crippen molar-refractivity contribution in [2.45, 2.75) is 19.5 Å². The Kier molecular flexibility index (Phi) is 5.20. The second-order valence-electron chi connectivity index (χ2n) is 4.01. The van der Waals surface area contributed by atoms with E-state index in [2.05, 4.69) is 19.7 Å². The summed E-state index contributed by atoms with van der Waals surface area (Å²) < 4.78 is 14.5. The van der Waals surface area contributed by atoms with Crippen LogP contribution in [0.25, 0.3) is 0 Å². The van der Waals surface area contributed by atoms with Crippen LogP contribution in [0.1, 0.15) is 17.4 Å². The predicted octanol–water partition coefficient (Wildman–Crippen LogP) is 1.40. The lowest BCUT2D eigenvalue weighted by Crippen LogP contribution is -2.18. The normalized spacial score (nSPS) is 11.4. The van der Waals surface area contributed by atoms with Gasteiger partial charge in [-0.15, -0.1) is 5.10 Å². The predicted molar refractivity (Wildman–Crippen MR) is 70.0 cm³/mol. The molecular formula is C10H14ClN5O2S. The Morgan fingerprint density at radius 3 is 2.95 bits per heavy atom. The standard InChI is InChI=1S/C10H14ClN5O2S/c1-16(5-7-10(11)19-15-13-7)6-9-12-8(14-18-9)3-4-17-2/h3-6H2,1-2H3. The van der Waals surface area contributed by atoms with Gasteiger partial charge in [-0.1, -0.05) is 21.2 Å². The second-order valence-corrected chi connectivity index (χ2v) is 5.37. The van der Waals surface area contributed by atoms with Gasteiger partial charge in [-0.3, -0.25) is 4.90 Å². The molecule has 0 saturated heterocycles. The zero-order chi connectivity index (χ0) is 13.7. The summed E-state index contributed by atoms with van der Waals surface area (Å²) in [6, 6.07) is 0. The van der Waals surface area contributed by atoms with Crippen molar-refractivity contribution in [3.63, 3.8) is 0 Å². The molecule has 0 bridgehead atoms. The third-order valence-electron chi connectivity index (χ3n) is 2.37. The lowest BCUT2D eigenvalue weighted by molar-refractivity contribution is 0.199. The van der Waals surface area contributed by atoms with E-state index in [4.69, 9.17) is 20.9 Å². The average Bonchev–Trinajstić information content (AvgIpc) is 2.97. The van der Waals surface area contributed by atoms with E-state index in [9.17, 15) is 0 Å². The van der Waals surface area contributed by atoms with Crippen LogP contribution in [0.15, 0.2) is 4.52 Å². The van der Waals surface area contributed by atoms with Gasteiger partial charge < -0.3 is 9.26 Å². The fraction of sp³-hybridized carbons (Fsp3) is 0.600. The molecule has 0 aliphatic carbocycles. The summed E-state index contributed by atoms with van der Waals surface area (Å²) >= 11 is 7.13. The zero-order valence-electron chi connectivity index (χ0n) is 10.7. The fourth-order valence-electron chi connectivity index (χ4n) is 1.48. The highest BCUT2D eigenvalue weighted by molar-refractivity contribution is 7.10. The summed E-state index contributed by atoms with van der Waals surface area (Å²) in [5, 5.41) is 7.83. The Balaban J connectivity index is 1.86. The van der Waals surface area contributed by atoms with Crippen LogP contribution in [0.5, 0.6) is 0 Å². The molecule has 2 aromatic rings. The van der Waals surface area contributed by atoms with Gasteiger partial charge in [-0.05, 0) is 7.05 Å². The highest BCUT2D eigenvalue weighted by Gasteiger charge is 2.12. The number of rotatable bonds is 7. The minimum atomic E-state index is 0.536. The van der Waals surface area contributed by atoms with Gasteiger partial charge in [0.15, 0.2) is 5.82 Å². The SMILES string of the molecule is COCCc1noc(CN(C)Cc2nnsc2Cl)n1. The molecule has 0 fully saturated rings. The maximum atomic E-state index is 5.95. The molecule has 0 atom stereocenters. The van der Waals surface area contributed by atoms with Crippen molar-refractivity contribution in [1.82, 2.24) is 24.6 Å². The molecule has 0 unspecified atom stereocenters. The molecule has 9 heteroatoms. The minimum Gasteiger partial charge on any atom is -0.384 e. The van der Waals surface area contributed by atoms with Crippen LogP contribution in [-0.4, -0.2) is 45.4 Å². The Labute approximate surface area is 119 Å². The van der Waals surface area contributed by atoms with Crippen LogP contribution in [-0.2, 0) is 24.2 Å². The van der Waals surface area contributed by atoms with E-state index in [0.29, 0.717) is 42.2 Å². The zero-order valence-corrected chi connectivity index (χ0v) is 12.2. The van der Waals surface area contributed by atoms with E-state index in [1.807, 2.05) is 11.9 Å². The van der Waals surface area contributed by atoms with Gasteiger partial charge in [0.1, 0.15) is 10.0 Å². The van der Waals surface area contributed by atoms with Gasteiger partial charge in [-0.25, -0.2) is 0 Å². The van der Waals surface area contributed by atoms with Gasteiger partial charge in [0.2, 0.25) is 5.89 Å². The van der Waals surface area contributed by atoms with Crippen LogP contribution in [0.4, 0.5) is 0 Å². The number of methoxy groups -OCH3 is 1. The highest BCUT2D eigenvalue weighted by Crippen LogP contribution is 2.18. The van der Waals surface area contributed by atoms with Crippen molar-refractivity contribution < 1.29 is 9.26 Å². The number of hydrogen-bond acceptors (Lipinski definition) is 8. The molecule has 0 N–H and O–H groups in total. The van der Waals surface area contributed by atoms with Crippen molar-refractivity contribution in [2.75, 3.05) is 20.8 Å². The van der Waals surface area contributed by atoms with Gasteiger partial charge >= 0.3 is 0 Å². The van der Waals surface area contributed by atoms with E-state index in [1.54, 1.807) is 7.11 Å². The molecule has 0 aromatic carbocycles. The second kappa shape index (κ2) is 6.90. The minimum absolute atomic E-state index is 0.536. The summed E-state index contributed by atoms with van der Waals surface area (Å²) in [6.45, 7) is 1.70. The van der Waals surface area contributed by atoms with Crippen molar-refractivity contribution in [2.24, 2.45) is 0 Å². The van der Waals surface area contributed by atoms with Crippen LogP contribution < -0.4 is 0 Å². The van der Waals surface area contributed by atoms with Gasteiger partial charge in [0, 0.05) is 31.6 Å². The van der Waals surface area contributed by atoms with Crippen molar-refractivity contribution >= 4 is 23.1 Å². The quantitative estimate of drug-likeness (QED) is 0.765. The lowest BCUT2D eigenvalue weighted by atomic mass is 10.4. The van der Waals surface area contributed by atoms with Gasteiger partial charge in [0.25, 0.3) is 0 Å². The molecule has 2 heterocycles. The summed E-state index contributed by atoms with van der Waals surface area (Å²) in [7, 11) is 3.56. The number of aromatic nitrogens is 4. The number of halogens is 1. The molecule has 0 aliphatic rings. The first-order valence-electron chi connectivity index (χ1n) is 5.64. The molecule has 0 saturated carbocycles. The monoisotopic (exact) mass is 303 g/mol. The Morgan fingerprint density at radius 1 is 1.42 bits per heavy atom. The molecule has 19 heavy (non-hydrogen) atoms. The summed E-state index contributed by atoms with van der Waals surface area (Å²) in [5.74, 6) is 1.21. The molecule has 0 spiro atoms. The first-order valence-corrected chi connectivity index (χ1v) is 6.80. The molecule has 2 aromatic heterocycles. The maximum absolute atomic E-state index is 5.95. The third kappa shape index (κ3) is 4.20. The summed E-state index contributed by atoms with van der Waals surface area (Å²) in [5.41, 5.74) is 0.758. The number of nitrogens with zero attached hydrogens (tertiary/aromatic N) is 5. The van der Waals surface area contributed by atoms with Gasteiger partial charge in [-0.2, -0.15) is 4.98 Å². The van der Waals surface area contributed by atoms with E-state index in [0.717, 1.165) is 5.69 Å². The van der Waals surface area contributed by atoms with Crippen LogP contribution >= 0.6 is 23.1 Å². The van der Waals surface area contributed by atoms with Crippen molar-refractivity contribution in [3.8, 4) is 0 Å². The molecule has 0 aliphatic heterocycles. The van der Waals surface area contributed by atoms with E-state index >= 15 is 0 Å². The third-order valence-corrected chi connectivity index (χ3v) is 3.36. The number of ether oxygens (including phenoxy) is 1. The van der Waals surface area contributed by atoms with Crippen LogP contribution in [0.3, 0.4) is 0 Å². The first kappa shape index (κ1) is 14.3. The maximum Gasteiger partial charge on any atom is 0.240 e. The van der Waals surface area contributed by atoms with Crippen LogP contribution in [0.2, 0.25) is 4.34 Å². The number of hydrogen-bond donors (Lipinski definition) is 0. The molecule has 2 rings (SSSR count). The fourth-order valence-corrected chi connectivity index (χ4v) is 2.10. The van der Waals surface area contributed by atoms with Crippen molar-refractivity contribution in [3.05, 3.63) is 21.7 Å². The molecule has 7 nitrogen and oxygen atoms in total. The molecule has 0 radical (unpaired) electrons. The topological polar surface area (TPSA) is 77.2 Å². The van der Waals surface area contributed by atoms with Crippen molar-refractivity contribution in [1.29, 1.82) is 0 Å². The van der Waals surface area contributed by atoms with Gasteiger partial charge in [0.05, 0.1) is 13.2 Å². The Hall–Kier alpha value is -1.09. The highest BCUT2D eigenvalue weighted by atomic mass is 35.5. The largest absolute Gasteiger partial charge is 0.384 e. The molecular weight excluding hydrogens is 290 g/mol. The first-order chi connectivity index (χ1) is 9.19. The Morgan fingerprint density at radius 2 is 2.26 bits per heavy atom. The van der Waals surface area contributed by atoms with E-state index in [1.165, 1.54) is 11.5 Å². The lowest BCUT2D eigenvalue weighted by Gasteiger charge is -2.11. The van der Waals surface area contributed by atoms with Crippen LogP contribution in [0, 0.1) is 0 Å². The van der Waals surface area contributed by atoms with E-state index < -0.39 is 0 Å². The molecule has 0 amide bonds. The summed E-state index contributed by atoms with van der Waals surface area (Å²) in [6.07, 6.45) is 0.644. The summed E-state index contributed by atoms with van der Waals surface area (Å²) in [4.78, 5) is 6.26. The average molecular weight is 304 g/mol.